The first-order valence-corrected chi connectivity index (χ1v) is 6.06. The molecule has 0 radical (unpaired) electrons. The normalized spacial score (nSPS) is 11.6. The number of nitrogens with one attached hydrogen (secondary N) is 1. The topological polar surface area (TPSA) is 39.1 Å². The van der Waals surface area contributed by atoms with Crippen LogP contribution < -0.4 is 10.1 Å². The van der Waals surface area contributed by atoms with Crippen molar-refractivity contribution >= 4 is 0 Å². The van der Waals surface area contributed by atoms with Crippen molar-refractivity contribution in [1.82, 2.24) is 15.1 Å². The third kappa shape index (κ3) is 4.93. The number of nitrogens with zero attached hydrogens (tertiary/aromatic N) is 2. The van der Waals surface area contributed by atoms with Crippen molar-refractivity contribution in [1.29, 1.82) is 0 Å². The van der Waals surface area contributed by atoms with Gasteiger partial charge in [0, 0.05) is 25.5 Å². The van der Waals surface area contributed by atoms with Crippen LogP contribution in [0.25, 0.3) is 0 Å². The van der Waals surface area contributed by atoms with Gasteiger partial charge in [-0.05, 0) is 23.8 Å². The maximum Gasteiger partial charge on any atom is 0.573 e. The van der Waals surface area contributed by atoms with Gasteiger partial charge in [0.1, 0.15) is 5.75 Å². The van der Waals surface area contributed by atoms with Crippen LogP contribution >= 0.6 is 0 Å². The molecule has 0 amide bonds. The average Bonchev–Trinajstić information content (AvgIpc) is 2.88. The summed E-state index contributed by atoms with van der Waals surface area (Å²) < 4.78 is 41.5. The molecule has 0 aliphatic carbocycles. The molecule has 0 saturated carbocycles. The summed E-state index contributed by atoms with van der Waals surface area (Å²) in [7, 11) is 0. The summed E-state index contributed by atoms with van der Waals surface area (Å²) in [5.74, 6) is -0.210. The quantitative estimate of drug-likeness (QED) is 0.829. The van der Waals surface area contributed by atoms with Crippen LogP contribution in [0.3, 0.4) is 0 Å². The Kier molecular flexibility index (Phi) is 4.62. The van der Waals surface area contributed by atoms with E-state index in [1.54, 1.807) is 23.0 Å². The van der Waals surface area contributed by atoms with E-state index in [2.05, 4.69) is 15.2 Å². The van der Waals surface area contributed by atoms with Crippen molar-refractivity contribution in [2.75, 3.05) is 6.54 Å². The monoisotopic (exact) mass is 285 g/mol. The molecule has 0 aliphatic rings. The molecule has 20 heavy (non-hydrogen) atoms. The standard InChI is InChI=1S/C13H14F3N3O/c14-13(15,16)20-12-4-2-11(3-5-12)10-17-7-9-19-8-1-6-18-19/h1-6,8,17H,7,9-10H2. The molecule has 0 saturated heterocycles. The Bertz CT molecular complexity index is 509. The number of halogens is 3. The predicted octanol–water partition coefficient (Wildman–Crippen LogP) is 2.57. The van der Waals surface area contributed by atoms with E-state index in [4.69, 9.17) is 0 Å². The van der Waals surface area contributed by atoms with Crippen LogP contribution in [0, 0.1) is 0 Å². The second kappa shape index (κ2) is 6.42. The lowest BCUT2D eigenvalue weighted by atomic mass is 10.2. The summed E-state index contributed by atoms with van der Waals surface area (Å²) in [5.41, 5.74) is 0.889. The van der Waals surface area contributed by atoms with Crippen molar-refractivity contribution in [2.45, 2.75) is 19.5 Å². The first-order valence-electron chi connectivity index (χ1n) is 6.06. The number of alkyl halides is 3. The molecule has 0 atom stereocenters. The number of hydrogen-bond acceptors (Lipinski definition) is 3. The fraction of sp³-hybridized carbons (Fsp3) is 0.308. The minimum atomic E-state index is -4.65. The molecule has 4 nitrogen and oxygen atoms in total. The minimum absolute atomic E-state index is 0.210. The van der Waals surface area contributed by atoms with E-state index < -0.39 is 6.36 Å². The molecule has 0 spiro atoms. The minimum Gasteiger partial charge on any atom is -0.406 e. The average molecular weight is 285 g/mol. The van der Waals surface area contributed by atoms with E-state index in [-0.39, 0.29) is 5.75 Å². The fourth-order valence-electron chi connectivity index (χ4n) is 1.67. The second-order valence-electron chi connectivity index (χ2n) is 4.14. The first-order chi connectivity index (χ1) is 9.53. The molecule has 1 heterocycles. The number of hydrogen-bond donors (Lipinski definition) is 1. The Hall–Kier alpha value is -2.02. The summed E-state index contributed by atoms with van der Waals surface area (Å²) in [5, 5.41) is 7.24. The van der Waals surface area contributed by atoms with Gasteiger partial charge in [0.15, 0.2) is 0 Å². The largest absolute Gasteiger partial charge is 0.573 e. The maximum absolute atomic E-state index is 12.0. The van der Waals surface area contributed by atoms with Gasteiger partial charge in [0.05, 0.1) is 6.54 Å². The zero-order chi connectivity index (χ0) is 14.4. The molecule has 7 heteroatoms. The summed E-state index contributed by atoms with van der Waals surface area (Å²) in [6, 6.07) is 7.65. The molecule has 108 valence electrons. The van der Waals surface area contributed by atoms with Crippen LogP contribution in [-0.4, -0.2) is 22.7 Å². The van der Waals surface area contributed by atoms with Gasteiger partial charge >= 0.3 is 6.36 Å². The highest BCUT2D eigenvalue weighted by atomic mass is 19.4. The number of rotatable bonds is 6. The van der Waals surface area contributed by atoms with E-state index in [0.717, 1.165) is 18.7 Å². The van der Waals surface area contributed by atoms with Gasteiger partial charge in [-0.25, -0.2) is 0 Å². The summed E-state index contributed by atoms with van der Waals surface area (Å²) in [6.07, 6.45) is -1.08. The van der Waals surface area contributed by atoms with Gasteiger partial charge in [-0.1, -0.05) is 12.1 Å². The highest BCUT2D eigenvalue weighted by molar-refractivity contribution is 5.27. The zero-order valence-electron chi connectivity index (χ0n) is 10.6. The van der Waals surface area contributed by atoms with Gasteiger partial charge < -0.3 is 10.1 Å². The summed E-state index contributed by atoms with van der Waals surface area (Å²) in [4.78, 5) is 0. The lowest BCUT2D eigenvalue weighted by molar-refractivity contribution is -0.274. The van der Waals surface area contributed by atoms with Crippen LogP contribution in [0.5, 0.6) is 5.75 Å². The van der Waals surface area contributed by atoms with Gasteiger partial charge in [0.25, 0.3) is 0 Å². The molecule has 0 fully saturated rings. The Morgan fingerprint density at radius 1 is 1.20 bits per heavy atom. The highest BCUT2D eigenvalue weighted by Crippen LogP contribution is 2.22. The summed E-state index contributed by atoms with van der Waals surface area (Å²) in [6.45, 7) is 2.04. The van der Waals surface area contributed by atoms with Crippen LogP contribution in [0.2, 0.25) is 0 Å². The van der Waals surface area contributed by atoms with Gasteiger partial charge in [-0.3, -0.25) is 4.68 Å². The lowest BCUT2D eigenvalue weighted by Gasteiger charge is -2.09. The third-order valence-corrected chi connectivity index (χ3v) is 2.56. The zero-order valence-corrected chi connectivity index (χ0v) is 10.6. The summed E-state index contributed by atoms with van der Waals surface area (Å²) >= 11 is 0. The van der Waals surface area contributed by atoms with Gasteiger partial charge in [0.2, 0.25) is 0 Å². The van der Waals surface area contributed by atoms with E-state index in [0.29, 0.717) is 6.54 Å². The molecule has 0 aliphatic heterocycles. The van der Waals surface area contributed by atoms with E-state index in [1.165, 1.54) is 12.1 Å². The molecule has 1 N–H and O–H groups in total. The number of benzene rings is 1. The Morgan fingerprint density at radius 2 is 1.95 bits per heavy atom. The van der Waals surface area contributed by atoms with E-state index >= 15 is 0 Å². The van der Waals surface area contributed by atoms with Crippen molar-refractivity contribution in [3.05, 3.63) is 48.3 Å². The Balaban J connectivity index is 1.73. The molecule has 2 rings (SSSR count). The van der Waals surface area contributed by atoms with Crippen molar-refractivity contribution in [3.8, 4) is 5.75 Å². The van der Waals surface area contributed by atoms with Gasteiger partial charge in [-0.15, -0.1) is 13.2 Å². The lowest BCUT2D eigenvalue weighted by Crippen LogP contribution is -2.20. The predicted molar refractivity (Wildman–Crippen MR) is 67.1 cm³/mol. The first kappa shape index (κ1) is 14.4. The fourth-order valence-corrected chi connectivity index (χ4v) is 1.67. The van der Waals surface area contributed by atoms with Crippen molar-refractivity contribution in [2.24, 2.45) is 0 Å². The maximum atomic E-state index is 12.0. The molecule has 1 aromatic heterocycles. The molecular formula is C13H14F3N3O. The Morgan fingerprint density at radius 3 is 2.55 bits per heavy atom. The molecule has 0 bridgehead atoms. The van der Waals surface area contributed by atoms with Crippen molar-refractivity contribution in [3.63, 3.8) is 0 Å². The van der Waals surface area contributed by atoms with E-state index in [1.807, 2.05) is 12.3 Å². The number of ether oxygens (including phenoxy) is 1. The van der Waals surface area contributed by atoms with Crippen LogP contribution in [0.4, 0.5) is 13.2 Å². The smallest absolute Gasteiger partial charge is 0.406 e. The second-order valence-corrected chi connectivity index (χ2v) is 4.14. The van der Waals surface area contributed by atoms with Crippen LogP contribution in [0.1, 0.15) is 5.56 Å². The van der Waals surface area contributed by atoms with Gasteiger partial charge in [-0.2, -0.15) is 5.10 Å². The third-order valence-electron chi connectivity index (χ3n) is 2.56. The number of aromatic nitrogens is 2. The Labute approximate surface area is 114 Å². The van der Waals surface area contributed by atoms with Crippen LogP contribution in [0.15, 0.2) is 42.7 Å². The molecule has 0 unspecified atom stereocenters. The molecular weight excluding hydrogens is 271 g/mol. The molecule has 2 aromatic rings. The molecule has 1 aromatic carbocycles. The SMILES string of the molecule is FC(F)(F)Oc1ccc(CNCCn2cccn2)cc1. The highest BCUT2D eigenvalue weighted by Gasteiger charge is 2.30. The van der Waals surface area contributed by atoms with Crippen LogP contribution in [-0.2, 0) is 13.1 Å². The van der Waals surface area contributed by atoms with Crippen molar-refractivity contribution < 1.29 is 17.9 Å². The van der Waals surface area contributed by atoms with E-state index in [9.17, 15) is 13.2 Å².